The fraction of sp³-hybridized carbons (Fsp3) is 0.600. The third-order valence-corrected chi connectivity index (χ3v) is 3.93. The van der Waals surface area contributed by atoms with E-state index in [1.807, 2.05) is 18.2 Å². The smallest absolute Gasteiger partial charge is 0.163 e. The molecule has 0 saturated carbocycles. The fourth-order valence-electron chi connectivity index (χ4n) is 2.76. The van der Waals surface area contributed by atoms with Crippen LogP contribution < -0.4 is 15.2 Å². The molecule has 4 heteroatoms. The van der Waals surface area contributed by atoms with Crippen LogP contribution in [0.2, 0.25) is 0 Å². The van der Waals surface area contributed by atoms with Gasteiger partial charge in [-0.25, -0.2) is 0 Å². The van der Waals surface area contributed by atoms with Gasteiger partial charge < -0.3 is 15.2 Å². The van der Waals surface area contributed by atoms with Crippen molar-refractivity contribution in [3.8, 4) is 11.5 Å². The molecule has 1 saturated heterocycles. The molecule has 1 aromatic carbocycles. The van der Waals surface area contributed by atoms with Gasteiger partial charge in [-0.2, -0.15) is 0 Å². The van der Waals surface area contributed by atoms with E-state index in [4.69, 9.17) is 15.2 Å². The van der Waals surface area contributed by atoms with Crippen LogP contribution in [0.15, 0.2) is 18.2 Å². The highest BCUT2D eigenvalue weighted by Crippen LogP contribution is 2.29. The Kier molecular flexibility index (Phi) is 4.53. The Morgan fingerprint density at radius 3 is 2.53 bits per heavy atom. The molecule has 2 atom stereocenters. The molecule has 0 bridgehead atoms. The van der Waals surface area contributed by atoms with Crippen LogP contribution in [-0.4, -0.2) is 37.2 Å². The van der Waals surface area contributed by atoms with Crippen molar-refractivity contribution in [3.63, 3.8) is 0 Å². The van der Waals surface area contributed by atoms with E-state index in [2.05, 4.69) is 18.7 Å². The van der Waals surface area contributed by atoms with Crippen molar-refractivity contribution < 1.29 is 9.47 Å². The molecule has 1 aromatic rings. The first-order valence-corrected chi connectivity index (χ1v) is 6.94. The summed E-state index contributed by atoms with van der Waals surface area (Å²) in [7, 11) is 1.64. The van der Waals surface area contributed by atoms with E-state index in [0.29, 0.717) is 24.4 Å². The molecule has 0 radical (unpaired) electrons. The van der Waals surface area contributed by atoms with Crippen LogP contribution in [0.3, 0.4) is 0 Å². The van der Waals surface area contributed by atoms with E-state index in [1.54, 1.807) is 7.11 Å². The van der Waals surface area contributed by atoms with Gasteiger partial charge in [0.25, 0.3) is 0 Å². The minimum atomic E-state index is 0.654. The van der Waals surface area contributed by atoms with E-state index in [0.717, 1.165) is 18.0 Å². The molecule has 0 aliphatic carbocycles. The molecule has 2 rings (SSSR count). The third kappa shape index (κ3) is 3.32. The van der Waals surface area contributed by atoms with E-state index in [-0.39, 0.29) is 0 Å². The molecular formula is C15H24N2O2. The Hall–Kier alpha value is -1.42. The number of likely N-dealkylation sites (tertiary alicyclic amines) is 1. The van der Waals surface area contributed by atoms with Gasteiger partial charge in [0.15, 0.2) is 11.5 Å². The highest BCUT2D eigenvalue weighted by atomic mass is 16.5. The summed E-state index contributed by atoms with van der Waals surface area (Å²) in [6, 6.07) is 6.78. The summed E-state index contributed by atoms with van der Waals surface area (Å²) in [5, 5.41) is 0. The SMILES string of the molecule is COc1ccc(N)cc1OCCN1C(C)CCC1C. The molecule has 0 amide bonds. The van der Waals surface area contributed by atoms with Gasteiger partial charge >= 0.3 is 0 Å². The molecule has 19 heavy (non-hydrogen) atoms. The van der Waals surface area contributed by atoms with Crippen molar-refractivity contribution in [2.45, 2.75) is 38.8 Å². The van der Waals surface area contributed by atoms with Gasteiger partial charge in [0.1, 0.15) is 6.61 Å². The molecule has 1 heterocycles. The van der Waals surface area contributed by atoms with E-state index in [1.165, 1.54) is 12.8 Å². The van der Waals surface area contributed by atoms with Crippen molar-refractivity contribution in [3.05, 3.63) is 18.2 Å². The van der Waals surface area contributed by atoms with Crippen LogP contribution in [0.5, 0.6) is 11.5 Å². The van der Waals surface area contributed by atoms with Crippen molar-refractivity contribution >= 4 is 5.69 Å². The predicted octanol–water partition coefficient (Wildman–Crippen LogP) is 2.53. The molecule has 1 aliphatic heterocycles. The second kappa shape index (κ2) is 6.15. The predicted molar refractivity (Wildman–Crippen MR) is 77.8 cm³/mol. The first kappa shape index (κ1) is 14.0. The first-order valence-electron chi connectivity index (χ1n) is 6.94. The average molecular weight is 264 g/mol. The summed E-state index contributed by atoms with van der Waals surface area (Å²) in [4.78, 5) is 2.50. The highest BCUT2D eigenvalue weighted by Gasteiger charge is 2.26. The Bertz CT molecular complexity index is 413. The minimum absolute atomic E-state index is 0.654. The number of rotatable bonds is 5. The number of hydrogen-bond acceptors (Lipinski definition) is 4. The van der Waals surface area contributed by atoms with Crippen molar-refractivity contribution in [1.82, 2.24) is 4.90 Å². The number of nitrogens with two attached hydrogens (primary N) is 1. The molecule has 2 unspecified atom stereocenters. The zero-order valence-electron chi connectivity index (χ0n) is 12.1. The molecule has 0 aromatic heterocycles. The Morgan fingerprint density at radius 1 is 1.21 bits per heavy atom. The second-order valence-corrected chi connectivity index (χ2v) is 5.27. The summed E-state index contributed by atoms with van der Waals surface area (Å²) in [6.45, 7) is 6.17. The van der Waals surface area contributed by atoms with Gasteiger partial charge in [-0.05, 0) is 38.8 Å². The Labute approximate surface area is 115 Å². The minimum Gasteiger partial charge on any atom is -0.493 e. The lowest BCUT2D eigenvalue weighted by molar-refractivity contribution is 0.167. The number of benzene rings is 1. The highest BCUT2D eigenvalue weighted by molar-refractivity contribution is 5.51. The van der Waals surface area contributed by atoms with E-state index in [9.17, 15) is 0 Å². The number of anilines is 1. The molecule has 0 spiro atoms. The monoisotopic (exact) mass is 264 g/mol. The largest absolute Gasteiger partial charge is 0.493 e. The number of nitrogens with zero attached hydrogens (tertiary/aromatic N) is 1. The summed E-state index contributed by atoms with van der Waals surface area (Å²) < 4.78 is 11.1. The Balaban J connectivity index is 1.90. The average Bonchev–Trinajstić information content (AvgIpc) is 2.70. The number of ether oxygens (including phenoxy) is 2. The standard InChI is InChI=1S/C15H24N2O2/c1-11-4-5-12(2)17(11)8-9-19-15-10-13(16)6-7-14(15)18-3/h6-7,10-12H,4-5,8-9,16H2,1-3H3. The second-order valence-electron chi connectivity index (χ2n) is 5.27. The first-order chi connectivity index (χ1) is 9.11. The number of hydrogen-bond donors (Lipinski definition) is 1. The lowest BCUT2D eigenvalue weighted by Crippen LogP contribution is -2.36. The van der Waals surface area contributed by atoms with Crippen LogP contribution in [0, 0.1) is 0 Å². The normalized spacial score (nSPS) is 23.5. The van der Waals surface area contributed by atoms with Gasteiger partial charge in [0.2, 0.25) is 0 Å². The molecular weight excluding hydrogens is 240 g/mol. The van der Waals surface area contributed by atoms with Crippen LogP contribution >= 0.6 is 0 Å². The van der Waals surface area contributed by atoms with Crippen LogP contribution in [0.4, 0.5) is 5.69 Å². The van der Waals surface area contributed by atoms with Crippen molar-refractivity contribution in [2.75, 3.05) is 26.0 Å². The maximum absolute atomic E-state index is 5.82. The zero-order chi connectivity index (χ0) is 13.8. The van der Waals surface area contributed by atoms with Crippen molar-refractivity contribution in [2.24, 2.45) is 0 Å². The summed E-state index contributed by atoms with van der Waals surface area (Å²) >= 11 is 0. The lowest BCUT2D eigenvalue weighted by Gasteiger charge is -2.25. The zero-order valence-corrected chi connectivity index (χ0v) is 12.1. The van der Waals surface area contributed by atoms with Crippen molar-refractivity contribution in [1.29, 1.82) is 0 Å². The van der Waals surface area contributed by atoms with Gasteiger partial charge in [-0.1, -0.05) is 0 Å². The van der Waals surface area contributed by atoms with Gasteiger partial charge in [0, 0.05) is 30.4 Å². The van der Waals surface area contributed by atoms with Gasteiger partial charge in [-0.3, -0.25) is 4.90 Å². The fourth-order valence-corrected chi connectivity index (χ4v) is 2.76. The maximum Gasteiger partial charge on any atom is 0.163 e. The van der Waals surface area contributed by atoms with Crippen LogP contribution in [0.25, 0.3) is 0 Å². The van der Waals surface area contributed by atoms with E-state index < -0.39 is 0 Å². The van der Waals surface area contributed by atoms with Gasteiger partial charge in [-0.15, -0.1) is 0 Å². The molecule has 106 valence electrons. The maximum atomic E-state index is 5.82. The van der Waals surface area contributed by atoms with Crippen LogP contribution in [-0.2, 0) is 0 Å². The Morgan fingerprint density at radius 2 is 1.89 bits per heavy atom. The quantitative estimate of drug-likeness (QED) is 0.830. The topological polar surface area (TPSA) is 47.7 Å². The molecule has 1 fully saturated rings. The number of nitrogen functional groups attached to an aromatic ring is 1. The molecule has 4 nitrogen and oxygen atoms in total. The molecule has 1 aliphatic rings. The lowest BCUT2D eigenvalue weighted by atomic mass is 10.2. The summed E-state index contributed by atoms with van der Waals surface area (Å²) in [5.74, 6) is 1.46. The summed E-state index contributed by atoms with van der Waals surface area (Å²) in [6.07, 6.45) is 2.56. The third-order valence-electron chi connectivity index (χ3n) is 3.93. The molecule has 2 N–H and O–H groups in total. The van der Waals surface area contributed by atoms with Crippen LogP contribution in [0.1, 0.15) is 26.7 Å². The summed E-state index contributed by atoms with van der Waals surface area (Å²) in [5.41, 5.74) is 6.47. The van der Waals surface area contributed by atoms with Gasteiger partial charge in [0.05, 0.1) is 7.11 Å². The van der Waals surface area contributed by atoms with E-state index >= 15 is 0 Å². The number of methoxy groups -OCH3 is 1.